The van der Waals surface area contributed by atoms with Gasteiger partial charge in [-0.2, -0.15) is 0 Å². The fourth-order valence-electron chi connectivity index (χ4n) is 4.33. The third-order valence-electron chi connectivity index (χ3n) is 6.08. The zero-order valence-corrected chi connectivity index (χ0v) is 19.1. The number of carbonyl (C=O) groups is 1. The number of anilines is 2. The summed E-state index contributed by atoms with van der Waals surface area (Å²) in [6.07, 6.45) is 0. The number of methoxy groups -OCH3 is 1. The molecule has 1 aromatic heterocycles. The number of para-hydroxylation sites is 3. The van der Waals surface area contributed by atoms with E-state index in [1.54, 1.807) is 19.2 Å². The summed E-state index contributed by atoms with van der Waals surface area (Å²) in [5, 5.41) is 3.97. The molecule has 0 radical (unpaired) electrons. The lowest BCUT2D eigenvalue weighted by molar-refractivity contribution is 0.0950. The van der Waals surface area contributed by atoms with Gasteiger partial charge in [-0.1, -0.05) is 42.5 Å². The van der Waals surface area contributed by atoms with Gasteiger partial charge in [0.05, 0.1) is 24.9 Å². The number of amides is 1. The van der Waals surface area contributed by atoms with E-state index in [0.717, 1.165) is 54.3 Å². The topological polar surface area (TPSA) is 70.6 Å². The molecular weight excluding hydrogens is 426 g/mol. The molecule has 5 rings (SSSR count). The minimum absolute atomic E-state index is 0.135. The van der Waals surface area contributed by atoms with Crippen LogP contribution in [0.3, 0.4) is 0 Å². The molecule has 34 heavy (non-hydrogen) atoms. The van der Waals surface area contributed by atoms with Crippen molar-refractivity contribution in [1.82, 2.24) is 15.3 Å². The minimum atomic E-state index is -0.135. The fourth-order valence-corrected chi connectivity index (χ4v) is 4.33. The van der Waals surface area contributed by atoms with E-state index in [9.17, 15) is 4.79 Å². The van der Waals surface area contributed by atoms with E-state index in [2.05, 4.69) is 27.2 Å². The van der Waals surface area contributed by atoms with Crippen LogP contribution in [0.25, 0.3) is 10.9 Å². The fraction of sp³-hybridized carbons (Fsp3) is 0.222. The Balaban J connectivity index is 1.35. The van der Waals surface area contributed by atoms with Crippen molar-refractivity contribution in [2.24, 2.45) is 0 Å². The zero-order chi connectivity index (χ0) is 23.3. The van der Waals surface area contributed by atoms with Crippen LogP contribution in [0.1, 0.15) is 16.2 Å². The number of nitrogens with zero attached hydrogens (tertiary/aromatic N) is 4. The van der Waals surface area contributed by atoms with Gasteiger partial charge in [0.25, 0.3) is 5.91 Å². The first kappa shape index (κ1) is 21.7. The van der Waals surface area contributed by atoms with E-state index >= 15 is 0 Å². The summed E-state index contributed by atoms with van der Waals surface area (Å²) in [6, 6.07) is 25.4. The number of fused-ring (bicyclic) bond motifs is 1. The van der Waals surface area contributed by atoms with Crippen molar-refractivity contribution in [3.05, 3.63) is 90.3 Å². The van der Waals surface area contributed by atoms with Gasteiger partial charge in [0.15, 0.2) is 5.82 Å². The van der Waals surface area contributed by atoms with Crippen LogP contribution in [0, 0.1) is 0 Å². The average molecular weight is 454 g/mol. The molecule has 1 amide bonds. The van der Waals surface area contributed by atoms with Crippen LogP contribution in [0.2, 0.25) is 0 Å². The molecule has 0 atom stereocenters. The Morgan fingerprint density at radius 1 is 0.853 bits per heavy atom. The summed E-state index contributed by atoms with van der Waals surface area (Å²) < 4.78 is 5.55. The zero-order valence-electron chi connectivity index (χ0n) is 19.1. The van der Waals surface area contributed by atoms with Crippen LogP contribution in [-0.2, 0) is 6.54 Å². The van der Waals surface area contributed by atoms with E-state index in [1.807, 2.05) is 54.6 Å². The lowest BCUT2D eigenvalue weighted by atomic mass is 10.2. The highest BCUT2D eigenvalue weighted by atomic mass is 16.5. The first-order valence-corrected chi connectivity index (χ1v) is 11.4. The number of hydrogen-bond acceptors (Lipinski definition) is 6. The van der Waals surface area contributed by atoms with Crippen LogP contribution in [0.4, 0.5) is 11.5 Å². The Hall–Kier alpha value is -4.13. The van der Waals surface area contributed by atoms with Crippen molar-refractivity contribution in [2.75, 3.05) is 43.1 Å². The predicted octanol–water partition coefficient (Wildman–Crippen LogP) is 3.90. The quantitative estimate of drug-likeness (QED) is 0.478. The third-order valence-corrected chi connectivity index (χ3v) is 6.08. The van der Waals surface area contributed by atoms with Gasteiger partial charge in [-0.25, -0.2) is 9.97 Å². The summed E-state index contributed by atoms with van der Waals surface area (Å²) in [6.45, 7) is 3.65. The highest BCUT2D eigenvalue weighted by molar-refractivity contribution is 5.94. The van der Waals surface area contributed by atoms with E-state index in [0.29, 0.717) is 11.4 Å². The molecular formula is C27H27N5O2. The first-order chi connectivity index (χ1) is 16.7. The maximum absolute atomic E-state index is 12.5. The maximum atomic E-state index is 12.5. The Labute approximate surface area is 199 Å². The summed E-state index contributed by atoms with van der Waals surface area (Å²) in [5.74, 6) is 2.27. The van der Waals surface area contributed by atoms with Crippen LogP contribution in [0.15, 0.2) is 78.9 Å². The monoisotopic (exact) mass is 453 g/mol. The average Bonchev–Trinajstić information content (AvgIpc) is 2.92. The van der Waals surface area contributed by atoms with Gasteiger partial charge in [-0.05, 0) is 36.4 Å². The largest absolute Gasteiger partial charge is 0.495 e. The molecule has 0 aliphatic carbocycles. The number of nitrogens with one attached hydrogen (secondary N) is 1. The van der Waals surface area contributed by atoms with Crippen molar-refractivity contribution in [3.8, 4) is 5.75 Å². The van der Waals surface area contributed by atoms with Gasteiger partial charge in [0, 0.05) is 37.1 Å². The van der Waals surface area contributed by atoms with E-state index < -0.39 is 0 Å². The van der Waals surface area contributed by atoms with Crippen LogP contribution >= 0.6 is 0 Å². The number of carbonyl (C=O) groups excluding carboxylic acids is 1. The van der Waals surface area contributed by atoms with Gasteiger partial charge in [0.2, 0.25) is 0 Å². The molecule has 1 fully saturated rings. The van der Waals surface area contributed by atoms with Crippen molar-refractivity contribution in [2.45, 2.75) is 6.54 Å². The van der Waals surface area contributed by atoms with Crippen molar-refractivity contribution < 1.29 is 9.53 Å². The number of aromatic nitrogens is 2. The SMILES string of the molecule is COc1ccccc1N1CCN(c2nc(CNC(=O)c3ccccc3)nc3ccccc23)CC1. The van der Waals surface area contributed by atoms with E-state index in [-0.39, 0.29) is 12.5 Å². The lowest BCUT2D eigenvalue weighted by Crippen LogP contribution is -2.47. The standard InChI is InChI=1S/C27H27N5O2/c1-34-24-14-8-7-13-23(24)31-15-17-32(18-16-31)26-21-11-5-6-12-22(21)29-25(30-26)19-28-27(33)20-9-3-2-4-10-20/h2-14H,15-19H2,1H3,(H,28,33). The second-order valence-corrected chi connectivity index (χ2v) is 8.18. The van der Waals surface area contributed by atoms with Crippen molar-refractivity contribution in [1.29, 1.82) is 0 Å². The molecule has 0 bridgehead atoms. The molecule has 1 aliphatic heterocycles. The molecule has 2 heterocycles. The number of rotatable bonds is 6. The Morgan fingerprint density at radius 3 is 2.32 bits per heavy atom. The summed E-state index contributed by atoms with van der Waals surface area (Å²) in [4.78, 5) is 26.7. The molecule has 0 saturated carbocycles. The molecule has 1 N–H and O–H groups in total. The second kappa shape index (κ2) is 9.79. The van der Waals surface area contributed by atoms with Crippen molar-refractivity contribution in [3.63, 3.8) is 0 Å². The van der Waals surface area contributed by atoms with Crippen LogP contribution < -0.4 is 19.9 Å². The first-order valence-electron chi connectivity index (χ1n) is 11.4. The molecule has 7 heteroatoms. The van der Waals surface area contributed by atoms with Crippen LogP contribution in [-0.4, -0.2) is 49.2 Å². The molecule has 4 aromatic rings. The molecule has 0 spiro atoms. The summed E-state index contributed by atoms with van der Waals surface area (Å²) >= 11 is 0. The Kier molecular flexibility index (Phi) is 6.25. The van der Waals surface area contributed by atoms with Gasteiger partial charge in [-0.15, -0.1) is 0 Å². The smallest absolute Gasteiger partial charge is 0.251 e. The minimum Gasteiger partial charge on any atom is -0.495 e. The second-order valence-electron chi connectivity index (χ2n) is 8.18. The number of ether oxygens (including phenoxy) is 1. The number of hydrogen-bond donors (Lipinski definition) is 1. The third kappa shape index (κ3) is 4.50. The van der Waals surface area contributed by atoms with Crippen LogP contribution in [0.5, 0.6) is 5.75 Å². The Morgan fingerprint density at radius 2 is 1.53 bits per heavy atom. The van der Waals surface area contributed by atoms with E-state index in [4.69, 9.17) is 14.7 Å². The van der Waals surface area contributed by atoms with Gasteiger partial charge in [0.1, 0.15) is 11.6 Å². The molecule has 0 unspecified atom stereocenters. The highest BCUT2D eigenvalue weighted by Gasteiger charge is 2.22. The lowest BCUT2D eigenvalue weighted by Gasteiger charge is -2.37. The van der Waals surface area contributed by atoms with Gasteiger partial charge in [-0.3, -0.25) is 4.79 Å². The maximum Gasteiger partial charge on any atom is 0.251 e. The molecule has 172 valence electrons. The summed E-state index contributed by atoms with van der Waals surface area (Å²) in [5.41, 5.74) is 2.61. The number of piperazine rings is 1. The molecule has 1 aliphatic rings. The highest BCUT2D eigenvalue weighted by Crippen LogP contribution is 2.30. The molecule has 1 saturated heterocycles. The predicted molar refractivity (Wildman–Crippen MR) is 135 cm³/mol. The van der Waals surface area contributed by atoms with E-state index in [1.165, 1.54) is 0 Å². The number of benzene rings is 3. The molecule has 3 aromatic carbocycles. The van der Waals surface area contributed by atoms with Crippen molar-refractivity contribution >= 4 is 28.3 Å². The normalized spacial score (nSPS) is 13.7. The van der Waals surface area contributed by atoms with Gasteiger partial charge >= 0.3 is 0 Å². The summed E-state index contributed by atoms with van der Waals surface area (Å²) in [7, 11) is 1.71. The van der Waals surface area contributed by atoms with Gasteiger partial charge < -0.3 is 19.9 Å². The Bertz CT molecular complexity index is 1290. The molecule has 7 nitrogen and oxygen atoms in total.